The van der Waals surface area contributed by atoms with E-state index >= 15 is 0 Å². The van der Waals surface area contributed by atoms with E-state index in [1.807, 2.05) is 41.8 Å². The maximum absolute atomic E-state index is 9.31. The number of fused-ring (bicyclic) bond motifs is 1. The summed E-state index contributed by atoms with van der Waals surface area (Å²) >= 11 is 7.80. The molecule has 4 rings (SSSR count). The Hall–Kier alpha value is -2.41. The van der Waals surface area contributed by atoms with E-state index < -0.39 is 0 Å². The minimum absolute atomic E-state index is 0.00594. The Kier molecular flexibility index (Phi) is 5.85. The fraction of sp³-hybridized carbons (Fsp3) is 0.273. The molecule has 2 aromatic carbocycles. The van der Waals surface area contributed by atoms with E-state index in [-0.39, 0.29) is 6.61 Å². The smallest absolute Gasteiger partial charge is 0.158 e. The van der Waals surface area contributed by atoms with Crippen molar-refractivity contribution in [2.75, 3.05) is 6.61 Å². The van der Waals surface area contributed by atoms with E-state index in [0.717, 1.165) is 44.4 Å². The Labute approximate surface area is 178 Å². The average molecular weight is 428 g/mol. The standard InChI is InChI=1S/C22H22ClN3O2S/c1-13(2)11-28-20-6-4-16(23)8-15(20)9-21-24-19(12-29-21)22-25-17-5-3-14(10-27)7-18(17)26-22/h3-8,12-13,27H,9-11H2,1-2H3,(H,25,26). The first-order chi connectivity index (χ1) is 14.0. The lowest BCUT2D eigenvalue weighted by atomic mass is 10.1. The summed E-state index contributed by atoms with van der Waals surface area (Å²) in [5, 5.41) is 13.0. The van der Waals surface area contributed by atoms with Crippen molar-refractivity contribution in [1.29, 1.82) is 0 Å². The van der Waals surface area contributed by atoms with Gasteiger partial charge in [-0.2, -0.15) is 0 Å². The van der Waals surface area contributed by atoms with Crippen LogP contribution in [0, 0.1) is 5.92 Å². The first-order valence-corrected chi connectivity index (χ1v) is 10.7. The molecule has 0 aliphatic rings. The second-order valence-electron chi connectivity index (χ2n) is 7.36. The van der Waals surface area contributed by atoms with E-state index in [1.54, 1.807) is 11.3 Å². The Morgan fingerprint density at radius 2 is 2.03 bits per heavy atom. The maximum atomic E-state index is 9.31. The van der Waals surface area contributed by atoms with Crippen molar-refractivity contribution in [3.63, 3.8) is 0 Å². The van der Waals surface area contributed by atoms with Gasteiger partial charge in [0.05, 0.1) is 29.3 Å². The fourth-order valence-electron chi connectivity index (χ4n) is 3.02. The highest BCUT2D eigenvalue weighted by atomic mass is 35.5. The minimum Gasteiger partial charge on any atom is -0.493 e. The summed E-state index contributed by atoms with van der Waals surface area (Å²) in [5.74, 6) is 2.02. The predicted octanol–water partition coefficient (Wildman–Crippen LogP) is 5.46. The second kappa shape index (κ2) is 8.53. The molecule has 29 heavy (non-hydrogen) atoms. The molecule has 0 spiro atoms. The van der Waals surface area contributed by atoms with Crippen LogP contribution in [0.4, 0.5) is 0 Å². The van der Waals surface area contributed by atoms with Crippen LogP contribution in [0.15, 0.2) is 41.8 Å². The van der Waals surface area contributed by atoms with Gasteiger partial charge >= 0.3 is 0 Å². The largest absolute Gasteiger partial charge is 0.493 e. The van der Waals surface area contributed by atoms with Crippen molar-refractivity contribution < 1.29 is 9.84 Å². The number of H-pyrrole nitrogens is 1. The number of hydrogen-bond acceptors (Lipinski definition) is 5. The Balaban J connectivity index is 1.58. The van der Waals surface area contributed by atoms with Gasteiger partial charge in [-0.25, -0.2) is 9.97 Å². The number of nitrogens with zero attached hydrogens (tertiary/aromatic N) is 2. The molecule has 0 fully saturated rings. The lowest BCUT2D eigenvalue weighted by molar-refractivity contribution is 0.269. The molecule has 0 aliphatic carbocycles. The van der Waals surface area contributed by atoms with Gasteiger partial charge in [-0.15, -0.1) is 11.3 Å². The van der Waals surface area contributed by atoms with Gasteiger partial charge in [0, 0.05) is 22.4 Å². The van der Waals surface area contributed by atoms with Gasteiger partial charge in [0.2, 0.25) is 0 Å². The Morgan fingerprint density at radius 3 is 2.83 bits per heavy atom. The molecule has 7 heteroatoms. The zero-order valence-corrected chi connectivity index (χ0v) is 17.8. The summed E-state index contributed by atoms with van der Waals surface area (Å²) in [6.45, 7) is 4.91. The normalized spacial score (nSPS) is 11.5. The molecule has 0 unspecified atom stereocenters. The highest BCUT2D eigenvalue weighted by Gasteiger charge is 2.13. The number of ether oxygens (including phenoxy) is 1. The van der Waals surface area contributed by atoms with Crippen LogP contribution in [0.5, 0.6) is 5.75 Å². The summed E-state index contributed by atoms with van der Waals surface area (Å²) in [6.07, 6.45) is 0.646. The summed E-state index contributed by atoms with van der Waals surface area (Å²) in [7, 11) is 0. The number of imidazole rings is 1. The second-order valence-corrected chi connectivity index (χ2v) is 8.73. The van der Waals surface area contributed by atoms with Crippen LogP contribution >= 0.6 is 22.9 Å². The molecule has 150 valence electrons. The third-order valence-corrected chi connectivity index (χ3v) is 5.54. The maximum Gasteiger partial charge on any atom is 0.158 e. The molecule has 0 saturated heterocycles. The molecular formula is C22H22ClN3O2S. The monoisotopic (exact) mass is 427 g/mol. The molecule has 0 saturated carbocycles. The molecule has 4 aromatic rings. The van der Waals surface area contributed by atoms with Gasteiger partial charge in [-0.3, -0.25) is 0 Å². The highest BCUT2D eigenvalue weighted by molar-refractivity contribution is 7.10. The summed E-state index contributed by atoms with van der Waals surface area (Å²) in [4.78, 5) is 12.7. The van der Waals surface area contributed by atoms with E-state index in [4.69, 9.17) is 21.3 Å². The summed E-state index contributed by atoms with van der Waals surface area (Å²) < 4.78 is 5.96. The Bertz CT molecular complexity index is 1140. The topological polar surface area (TPSA) is 71.0 Å². The molecule has 5 nitrogen and oxygen atoms in total. The van der Waals surface area contributed by atoms with E-state index in [2.05, 4.69) is 23.8 Å². The SMILES string of the molecule is CC(C)COc1ccc(Cl)cc1Cc1nc(-c2nc3ccc(CO)cc3[nH]2)cs1. The molecular weight excluding hydrogens is 406 g/mol. The zero-order valence-electron chi connectivity index (χ0n) is 16.3. The number of aliphatic hydroxyl groups excluding tert-OH is 1. The van der Waals surface area contributed by atoms with Crippen molar-refractivity contribution in [3.8, 4) is 17.3 Å². The number of thiazole rings is 1. The number of rotatable bonds is 7. The number of hydrogen-bond donors (Lipinski definition) is 2. The van der Waals surface area contributed by atoms with Crippen molar-refractivity contribution in [2.24, 2.45) is 5.92 Å². The predicted molar refractivity (Wildman–Crippen MR) is 118 cm³/mol. The quantitative estimate of drug-likeness (QED) is 0.411. The van der Waals surface area contributed by atoms with Gasteiger partial charge in [0.1, 0.15) is 11.4 Å². The lowest BCUT2D eigenvalue weighted by Gasteiger charge is -2.13. The number of benzene rings is 2. The Morgan fingerprint density at radius 1 is 1.17 bits per heavy atom. The number of nitrogens with one attached hydrogen (secondary N) is 1. The van der Waals surface area contributed by atoms with Crippen LogP contribution in [0.3, 0.4) is 0 Å². The van der Waals surface area contributed by atoms with Crippen LogP contribution in [-0.4, -0.2) is 26.7 Å². The van der Waals surface area contributed by atoms with E-state index in [9.17, 15) is 5.11 Å². The molecule has 0 aliphatic heterocycles. The van der Waals surface area contributed by atoms with Crippen molar-refractivity contribution >= 4 is 34.0 Å². The first kappa shape index (κ1) is 19.9. The van der Waals surface area contributed by atoms with Crippen LogP contribution in [0.1, 0.15) is 30.0 Å². The number of halogens is 1. The number of aliphatic hydroxyl groups is 1. The highest BCUT2D eigenvalue weighted by Crippen LogP contribution is 2.29. The van der Waals surface area contributed by atoms with E-state index in [1.165, 1.54) is 0 Å². The fourth-order valence-corrected chi connectivity index (χ4v) is 4.02. The number of aromatic nitrogens is 3. The molecule has 2 N–H and O–H groups in total. The number of aromatic amines is 1. The van der Waals surface area contributed by atoms with Crippen LogP contribution in [0.25, 0.3) is 22.6 Å². The minimum atomic E-state index is 0.00594. The van der Waals surface area contributed by atoms with Crippen molar-refractivity contribution in [2.45, 2.75) is 26.9 Å². The van der Waals surface area contributed by atoms with Gasteiger partial charge in [-0.05, 0) is 41.8 Å². The van der Waals surface area contributed by atoms with Gasteiger partial charge in [-0.1, -0.05) is 31.5 Å². The third kappa shape index (κ3) is 4.61. The first-order valence-electron chi connectivity index (χ1n) is 9.47. The van der Waals surface area contributed by atoms with Crippen molar-refractivity contribution in [1.82, 2.24) is 15.0 Å². The van der Waals surface area contributed by atoms with Crippen LogP contribution in [0.2, 0.25) is 5.02 Å². The summed E-state index contributed by atoms with van der Waals surface area (Å²) in [5.41, 5.74) is 4.42. The molecule has 0 atom stereocenters. The van der Waals surface area contributed by atoms with E-state index in [0.29, 0.717) is 24.0 Å². The molecule has 0 amide bonds. The average Bonchev–Trinajstić information content (AvgIpc) is 3.33. The van der Waals surface area contributed by atoms with Gasteiger partial charge < -0.3 is 14.8 Å². The summed E-state index contributed by atoms with van der Waals surface area (Å²) in [6, 6.07) is 11.4. The molecule has 0 radical (unpaired) electrons. The third-order valence-electron chi connectivity index (χ3n) is 4.46. The zero-order chi connectivity index (χ0) is 20.4. The van der Waals surface area contributed by atoms with Gasteiger partial charge in [0.15, 0.2) is 5.82 Å². The van der Waals surface area contributed by atoms with Crippen molar-refractivity contribution in [3.05, 3.63) is 62.9 Å². The van der Waals surface area contributed by atoms with Gasteiger partial charge in [0.25, 0.3) is 0 Å². The van der Waals surface area contributed by atoms with Crippen LogP contribution in [-0.2, 0) is 13.0 Å². The lowest BCUT2D eigenvalue weighted by Crippen LogP contribution is -2.06. The molecule has 2 heterocycles. The van der Waals surface area contributed by atoms with Crippen LogP contribution < -0.4 is 4.74 Å². The molecule has 2 aromatic heterocycles. The molecule has 0 bridgehead atoms.